The van der Waals surface area contributed by atoms with Crippen molar-refractivity contribution in [3.63, 3.8) is 0 Å². The van der Waals surface area contributed by atoms with Crippen LogP contribution in [0.4, 0.5) is 0 Å². The fourth-order valence-electron chi connectivity index (χ4n) is 1.62. The molecule has 0 aliphatic heterocycles. The number of oxime groups is 1. The van der Waals surface area contributed by atoms with E-state index in [1.54, 1.807) is 23.0 Å². The maximum atomic E-state index is 8.63. The first-order chi connectivity index (χ1) is 8.54. The van der Waals surface area contributed by atoms with E-state index in [4.69, 9.17) is 22.5 Å². The Morgan fingerprint density at radius 2 is 2.22 bits per heavy atom. The lowest BCUT2D eigenvalue weighted by Crippen LogP contribution is -2.15. The molecule has 0 aliphatic rings. The second-order valence-corrected chi connectivity index (χ2v) is 4.16. The molecule has 6 nitrogen and oxygen atoms in total. The highest BCUT2D eigenvalue weighted by molar-refractivity contribution is 6.31. The molecule has 3 N–H and O–H groups in total. The van der Waals surface area contributed by atoms with Crippen LogP contribution in [-0.4, -0.2) is 25.8 Å². The van der Waals surface area contributed by atoms with Crippen molar-refractivity contribution in [3.05, 3.63) is 40.4 Å². The van der Waals surface area contributed by atoms with Crippen LogP contribution in [-0.2, 0) is 0 Å². The first kappa shape index (κ1) is 12.4. The quantitative estimate of drug-likeness (QED) is 0.374. The Labute approximate surface area is 109 Å². The van der Waals surface area contributed by atoms with Crippen molar-refractivity contribution in [2.75, 3.05) is 0 Å². The Morgan fingerprint density at radius 3 is 2.78 bits per heavy atom. The molecule has 0 radical (unpaired) electrons. The lowest BCUT2D eigenvalue weighted by molar-refractivity contribution is 0.318. The van der Waals surface area contributed by atoms with E-state index in [9.17, 15) is 0 Å². The topological polar surface area (TPSA) is 89.3 Å². The van der Waals surface area contributed by atoms with Gasteiger partial charge in [0.25, 0.3) is 0 Å². The van der Waals surface area contributed by atoms with E-state index in [0.29, 0.717) is 10.7 Å². The summed E-state index contributed by atoms with van der Waals surface area (Å²) in [5.41, 5.74) is 8.19. The first-order valence-corrected chi connectivity index (χ1v) is 5.58. The average molecular weight is 266 g/mol. The smallest absolute Gasteiger partial charge is 0.188 e. The van der Waals surface area contributed by atoms with E-state index in [0.717, 1.165) is 17.1 Å². The van der Waals surface area contributed by atoms with E-state index >= 15 is 0 Å². The standard InChI is InChI=1S/C11H12ClN5O/c1-6-10(12)7(2)17(15-6)8-3-4-14-9(5-8)11(13)16-18/h3-5,18H,1-2H3,(H2,13,16). The molecule has 2 heterocycles. The number of pyridine rings is 1. The van der Waals surface area contributed by atoms with Crippen LogP contribution in [0.15, 0.2) is 23.5 Å². The molecular weight excluding hydrogens is 254 g/mol. The molecule has 0 spiro atoms. The van der Waals surface area contributed by atoms with Gasteiger partial charge in [-0.25, -0.2) is 4.68 Å². The third-order valence-corrected chi connectivity index (χ3v) is 3.11. The minimum Gasteiger partial charge on any atom is -0.409 e. The van der Waals surface area contributed by atoms with Crippen LogP contribution in [0.2, 0.25) is 5.02 Å². The van der Waals surface area contributed by atoms with Gasteiger partial charge >= 0.3 is 0 Å². The molecule has 0 amide bonds. The number of hydrogen-bond donors (Lipinski definition) is 2. The minimum atomic E-state index is -0.0514. The highest BCUT2D eigenvalue weighted by Crippen LogP contribution is 2.22. The second kappa shape index (κ2) is 4.66. The Balaban J connectivity index is 2.55. The van der Waals surface area contributed by atoms with Crippen molar-refractivity contribution in [3.8, 4) is 5.69 Å². The fraction of sp³-hybridized carbons (Fsp3) is 0.182. The van der Waals surface area contributed by atoms with Gasteiger partial charge in [0, 0.05) is 6.20 Å². The molecule has 18 heavy (non-hydrogen) atoms. The summed E-state index contributed by atoms with van der Waals surface area (Å²) in [6.07, 6.45) is 1.56. The van der Waals surface area contributed by atoms with Crippen molar-refractivity contribution < 1.29 is 5.21 Å². The molecule has 0 unspecified atom stereocenters. The number of aryl methyl sites for hydroxylation is 1. The van der Waals surface area contributed by atoms with Crippen molar-refractivity contribution in [1.29, 1.82) is 0 Å². The van der Waals surface area contributed by atoms with E-state index in [1.807, 2.05) is 13.8 Å². The van der Waals surface area contributed by atoms with Crippen molar-refractivity contribution in [2.45, 2.75) is 13.8 Å². The number of aromatic nitrogens is 3. The second-order valence-electron chi connectivity index (χ2n) is 3.78. The summed E-state index contributed by atoms with van der Waals surface area (Å²) < 4.78 is 1.69. The largest absolute Gasteiger partial charge is 0.409 e. The molecule has 0 saturated heterocycles. The average Bonchev–Trinajstić information content (AvgIpc) is 2.66. The zero-order valence-electron chi connectivity index (χ0n) is 9.92. The van der Waals surface area contributed by atoms with Crippen LogP contribution in [0, 0.1) is 13.8 Å². The molecule has 7 heteroatoms. The van der Waals surface area contributed by atoms with Crippen molar-refractivity contribution in [2.24, 2.45) is 10.9 Å². The van der Waals surface area contributed by atoms with Gasteiger partial charge < -0.3 is 10.9 Å². The van der Waals surface area contributed by atoms with Crippen LogP contribution >= 0.6 is 11.6 Å². The highest BCUT2D eigenvalue weighted by atomic mass is 35.5. The number of amidine groups is 1. The number of halogens is 1. The van der Waals surface area contributed by atoms with Gasteiger partial charge in [-0.3, -0.25) is 4.98 Å². The van der Waals surface area contributed by atoms with Gasteiger partial charge in [-0.2, -0.15) is 5.10 Å². The van der Waals surface area contributed by atoms with Crippen LogP contribution in [0.3, 0.4) is 0 Å². The zero-order chi connectivity index (χ0) is 13.3. The summed E-state index contributed by atoms with van der Waals surface area (Å²) in [5, 5.41) is 16.5. The minimum absolute atomic E-state index is 0.0514. The number of hydrogen-bond acceptors (Lipinski definition) is 4. The summed E-state index contributed by atoms with van der Waals surface area (Å²) in [5.74, 6) is -0.0514. The summed E-state index contributed by atoms with van der Waals surface area (Å²) in [7, 11) is 0. The van der Waals surface area contributed by atoms with Crippen LogP contribution in [0.25, 0.3) is 5.69 Å². The lowest BCUT2D eigenvalue weighted by atomic mass is 10.3. The van der Waals surface area contributed by atoms with Crippen molar-refractivity contribution >= 4 is 17.4 Å². The van der Waals surface area contributed by atoms with E-state index in [-0.39, 0.29) is 5.84 Å². The normalized spacial score (nSPS) is 11.8. The molecule has 0 atom stereocenters. The highest BCUT2D eigenvalue weighted by Gasteiger charge is 2.11. The summed E-state index contributed by atoms with van der Waals surface area (Å²) in [4.78, 5) is 4.00. The molecule has 0 saturated carbocycles. The van der Waals surface area contributed by atoms with Crippen LogP contribution in [0.5, 0.6) is 0 Å². The lowest BCUT2D eigenvalue weighted by Gasteiger charge is -2.05. The zero-order valence-corrected chi connectivity index (χ0v) is 10.7. The predicted octanol–water partition coefficient (Wildman–Crippen LogP) is 1.63. The number of nitrogens with two attached hydrogens (primary N) is 1. The molecule has 0 bridgehead atoms. The summed E-state index contributed by atoms with van der Waals surface area (Å²) >= 11 is 6.09. The van der Waals surface area contributed by atoms with Gasteiger partial charge in [-0.05, 0) is 26.0 Å². The molecular formula is C11H12ClN5O. The van der Waals surface area contributed by atoms with E-state index in [2.05, 4.69) is 15.2 Å². The molecule has 0 aliphatic carbocycles. The maximum absolute atomic E-state index is 8.63. The number of rotatable bonds is 2. The van der Waals surface area contributed by atoms with Crippen LogP contribution in [0.1, 0.15) is 17.1 Å². The SMILES string of the molecule is Cc1nn(-c2ccnc(C(N)=NO)c2)c(C)c1Cl. The van der Waals surface area contributed by atoms with Gasteiger partial charge in [0.2, 0.25) is 0 Å². The fourth-order valence-corrected chi connectivity index (χ4v) is 1.74. The maximum Gasteiger partial charge on any atom is 0.188 e. The molecule has 0 aromatic carbocycles. The Kier molecular flexibility index (Phi) is 3.20. The summed E-state index contributed by atoms with van der Waals surface area (Å²) in [6.45, 7) is 3.70. The molecule has 0 fully saturated rings. The third kappa shape index (κ3) is 2.02. The number of nitrogens with zero attached hydrogens (tertiary/aromatic N) is 4. The Morgan fingerprint density at radius 1 is 1.50 bits per heavy atom. The Bertz CT molecular complexity index is 620. The predicted molar refractivity (Wildman–Crippen MR) is 68.4 cm³/mol. The molecule has 2 aromatic heterocycles. The van der Waals surface area contributed by atoms with E-state index < -0.39 is 0 Å². The monoisotopic (exact) mass is 265 g/mol. The molecule has 94 valence electrons. The first-order valence-electron chi connectivity index (χ1n) is 5.20. The molecule has 2 aromatic rings. The third-order valence-electron chi connectivity index (χ3n) is 2.56. The van der Waals surface area contributed by atoms with Gasteiger partial charge in [0.05, 0.1) is 22.1 Å². The summed E-state index contributed by atoms with van der Waals surface area (Å²) in [6, 6.07) is 3.44. The van der Waals surface area contributed by atoms with Crippen LogP contribution < -0.4 is 5.73 Å². The van der Waals surface area contributed by atoms with E-state index in [1.165, 1.54) is 0 Å². The van der Waals surface area contributed by atoms with Gasteiger partial charge in [0.15, 0.2) is 5.84 Å². The van der Waals surface area contributed by atoms with Gasteiger partial charge in [0.1, 0.15) is 5.69 Å². The molecule has 2 rings (SSSR count). The Hall–Kier alpha value is -2.08. The van der Waals surface area contributed by atoms with Gasteiger partial charge in [-0.15, -0.1) is 0 Å². The van der Waals surface area contributed by atoms with Crippen molar-refractivity contribution in [1.82, 2.24) is 14.8 Å². The van der Waals surface area contributed by atoms with Gasteiger partial charge in [-0.1, -0.05) is 16.8 Å².